The van der Waals surface area contributed by atoms with Crippen molar-refractivity contribution in [3.05, 3.63) is 217 Å². The van der Waals surface area contributed by atoms with Gasteiger partial charge in [0.15, 0.2) is 0 Å². The van der Waals surface area contributed by atoms with Crippen LogP contribution in [0.25, 0.3) is 68.6 Å². The molecule has 2 aliphatic heterocycles. The number of hydrogen-bond donors (Lipinski definition) is 0. The SMILES string of the molecule is C1=Cc2nc1c(-c1ccncc1)c1ccc([n-]1)c(N(c1ccccc1)c1ccccc1)c1nc(c(-c3ccncc3)c3ccc([n-]3)c2N(c2ccccc2)c2ccccc2)C=C1.[Zn+2]. The standard InChI is InChI=1S/C54H36N8.Zn/c1-5-13-39(14-6-1)61(40-15-7-2-8-16-40)53-47-25-21-43(57-47)51(37-29-33-55-34-30-37)45-23-27-49(59-45)54(62(41-17-9-3-10-18-41)42-19-11-4-12-20-42)50-28-24-46(60-50)52(38-31-35-56-36-32-38)44-22-26-48(53)58-44;/h1-36H;/q-2;+2. The predicted molar refractivity (Wildman–Crippen MR) is 253 cm³/mol. The number of benzene rings is 4. The summed E-state index contributed by atoms with van der Waals surface area (Å²) in [6.07, 6.45) is 15.6. The zero-order chi connectivity index (χ0) is 41.2. The molecule has 9 heteroatoms. The fourth-order valence-electron chi connectivity index (χ4n) is 8.27. The van der Waals surface area contributed by atoms with Gasteiger partial charge in [0.2, 0.25) is 0 Å². The largest absolute Gasteiger partial charge is 2.00 e. The van der Waals surface area contributed by atoms with Gasteiger partial charge in [-0.3, -0.25) is 9.97 Å². The predicted octanol–water partition coefficient (Wildman–Crippen LogP) is 13.0. The molecule has 0 saturated heterocycles. The van der Waals surface area contributed by atoms with Crippen molar-refractivity contribution in [2.45, 2.75) is 0 Å². The molecular formula is C54H36N8Zn. The molecule has 5 aromatic heterocycles. The summed E-state index contributed by atoms with van der Waals surface area (Å²) in [7, 11) is 0. The van der Waals surface area contributed by atoms with Crippen LogP contribution in [0.2, 0.25) is 0 Å². The van der Waals surface area contributed by atoms with Crippen molar-refractivity contribution < 1.29 is 19.5 Å². The van der Waals surface area contributed by atoms with Crippen molar-refractivity contribution in [1.82, 2.24) is 29.9 Å². The van der Waals surface area contributed by atoms with Crippen LogP contribution in [0.5, 0.6) is 0 Å². The average molecular weight is 862 g/mol. The number of aromatic nitrogens is 6. The third-order valence-corrected chi connectivity index (χ3v) is 11.0. The summed E-state index contributed by atoms with van der Waals surface area (Å²) < 4.78 is 0. The van der Waals surface area contributed by atoms with Crippen LogP contribution in [-0.4, -0.2) is 19.9 Å². The first kappa shape index (κ1) is 39.2. The van der Waals surface area contributed by atoms with E-state index in [4.69, 9.17) is 19.9 Å². The molecule has 0 N–H and O–H groups in total. The number of hydrogen-bond acceptors (Lipinski definition) is 6. The third kappa shape index (κ3) is 7.45. The summed E-state index contributed by atoms with van der Waals surface area (Å²) in [5.41, 5.74) is 15.4. The molecule has 4 aromatic carbocycles. The van der Waals surface area contributed by atoms with Crippen LogP contribution >= 0.6 is 0 Å². The molecule has 0 aliphatic carbocycles. The van der Waals surface area contributed by atoms with Gasteiger partial charge >= 0.3 is 19.5 Å². The van der Waals surface area contributed by atoms with E-state index in [0.717, 1.165) is 101 Å². The van der Waals surface area contributed by atoms with Gasteiger partial charge < -0.3 is 19.8 Å². The first-order chi connectivity index (χ1) is 30.8. The van der Waals surface area contributed by atoms with E-state index in [1.54, 1.807) is 0 Å². The number of nitrogens with zero attached hydrogens (tertiary/aromatic N) is 8. The molecule has 9 aromatic rings. The molecule has 0 saturated carbocycles. The van der Waals surface area contributed by atoms with Crippen LogP contribution < -0.4 is 19.8 Å². The van der Waals surface area contributed by atoms with Crippen LogP contribution in [0, 0.1) is 0 Å². The van der Waals surface area contributed by atoms with E-state index >= 15 is 0 Å². The third-order valence-electron chi connectivity index (χ3n) is 11.0. The molecule has 0 amide bonds. The van der Waals surface area contributed by atoms with Crippen molar-refractivity contribution in [3.63, 3.8) is 0 Å². The fraction of sp³-hybridized carbons (Fsp3) is 0. The minimum absolute atomic E-state index is 0. The molecule has 0 unspecified atom stereocenters. The Hall–Kier alpha value is -8.00. The smallest absolute Gasteiger partial charge is 0.656 e. The molecule has 8 bridgehead atoms. The molecule has 0 atom stereocenters. The van der Waals surface area contributed by atoms with Crippen molar-refractivity contribution >= 4 is 80.5 Å². The van der Waals surface area contributed by atoms with Gasteiger partial charge in [0.1, 0.15) is 0 Å². The second kappa shape index (κ2) is 17.2. The maximum atomic E-state index is 5.50. The molecule has 7 heterocycles. The van der Waals surface area contributed by atoms with Crippen molar-refractivity contribution in [3.8, 4) is 22.3 Å². The zero-order valence-electron chi connectivity index (χ0n) is 34.1. The van der Waals surface area contributed by atoms with Gasteiger partial charge in [-0.2, -0.15) is 0 Å². The van der Waals surface area contributed by atoms with Crippen LogP contribution in [0.4, 0.5) is 34.1 Å². The molecule has 0 fully saturated rings. The van der Waals surface area contributed by atoms with E-state index in [1.165, 1.54) is 0 Å². The van der Waals surface area contributed by atoms with Crippen LogP contribution in [0.15, 0.2) is 195 Å². The van der Waals surface area contributed by atoms with Gasteiger partial charge in [-0.15, -0.1) is 22.1 Å². The first-order valence-electron chi connectivity index (χ1n) is 20.4. The van der Waals surface area contributed by atoms with Gasteiger partial charge in [0.05, 0.1) is 34.2 Å². The number of fused-ring (bicyclic) bond motifs is 8. The Morgan fingerprint density at radius 1 is 0.317 bits per heavy atom. The number of pyridine rings is 2. The van der Waals surface area contributed by atoms with Gasteiger partial charge in [-0.1, -0.05) is 97.1 Å². The van der Waals surface area contributed by atoms with Crippen LogP contribution in [0.3, 0.4) is 0 Å². The van der Waals surface area contributed by atoms with Gasteiger partial charge in [-0.25, -0.2) is 9.97 Å². The molecule has 63 heavy (non-hydrogen) atoms. The summed E-state index contributed by atoms with van der Waals surface area (Å²) in [6, 6.07) is 57.9. The minimum Gasteiger partial charge on any atom is -0.656 e. The van der Waals surface area contributed by atoms with Gasteiger partial charge in [0.25, 0.3) is 0 Å². The zero-order valence-corrected chi connectivity index (χ0v) is 37.0. The van der Waals surface area contributed by atoms with E-state index in [1.807, 2.05) is 73.3 Å². The molecular weight excluding hydrogens is 826 g/mol. The Morgan fingerprint density at radius 2 is 0.619 bits per heavy atom. The maximum Gasteiger partial charge on any atom is 2.00 e. The Kier molecular flexibility index (Phi) is 10.7. The summed E-state index contributed by atoms with van der Waals surface area (Å²) in [5.74, 6) is 0. The quantitative estimate of drug-likeness (QED) is 0.140. The average Bonchev–Trinajstić information content (AvgIpc) is 4.19. The molecule has 8 nitrogen and oxygen atoms in total. The Balaban J connectivity index is 0.00000471. The Morgan fingerprint density at radius 3 is 0.952 bits per heavy atom. The Bertz CT molecular complexity index is 2980. The van der Waals surface area contributed by atoms with Crippen LogP contribution in [-0.2, 0) is 19.5 Å². The van der Waals surface area contributed by atoms with Gasteiger partial charge in [0, 0.05) is 47.5 Å². The number of para-hydroxylation sites is 4. The fourth-order valence-corrected chi connectivity index (χ4v) is 8.27. The Labute approximate surface area is 377 Å². The second-order valence-electron chi connectivity index (χ2n) is 14.8. The van der Waals surface area contributed by atoms with Crippen molar-refractivity contribution in [1.29, 1.82) is 0 Å². The molecule has 0 radical (unpaired) electrons. The first-order valence-corrected chi connectivity index (χ1v) is 20.4. The number of rotatable bonds is 8. The van der Waals surface area contributed by atoms with E-state index in [2.05, 4.69) is 165 Å². The van der Waals surface area contributed by atoms with Crippen molar-refractivity contribution in [2.75, 3.05) is 9.80 Å². The molecule has 2 aliphatic rings. The molecule has 294 valence electrons. The van der Waals surface area contributed by atoms with Crippen molar-refractivity contribution in [2.24, 2.45) is 0 Å². The summed E-state index contributed by atoms with van der Waals surface area (Å²) in [4.78, 5) is 35.2. The maximum absolute atomic E-state index is 5.50. The molecule has 11 rings (SSSR count). The van der Waals surface area contributed by atoms with E-state index < -0.39 is 0 Å². The minimum atomic E-state index is 0. The summed E-state index contributed by atoms with van der Waals surface area (Å²) in [5, 5.41) is 0. The van der Waals surface area contributed by atoms with Crippen LogP contribution in [0.1, 0.15) is 22.8 Å². The summed E-state index contributed by atoms with van der Waals surface area (Å²) >= 11 is 0. The van der Waals surface area contributed by atoms with E-state index in [0.29, 0.717) is 0 Å². The second-order valence-corrected chi connectivity index (χ2v) is 14.8. The van der Waals surface area contributed by atoms with E-state index in [9.17, 15) is 0 Å². The monoisotopic (exact) mass is 860 g/mol. The number of anilines is 6. The summed E-state index contributed by atoms with van der Waals surface area (Å²) in [6.45, 7) is 0. The molecule has 0 spiro atoms. The normalized spacial score (nSPS) is 11.6. The van der Waals surface area contributed by atoms with Gasteiger partial charge in [-0.05, 0) is 119 Å². The topological polar surface area (TPSA) is 86.2 Å². The van der Waals surface area contributed by atoms with E-state index in [-0.39, 0.29) is 19.5 Å².